The predicted molar refractivity (Wildman–Crippen MR) is 292 cm³/mol. The molecule has 20 heteroatoms. The second-order valence-corrected chi connectivity index (χ2v) is 18.6. The molecule has 0 aliphatic rings. The first-order chi connectivity index (χ1) is 38.8. The van der Waals surface area contributed by atoms with Crippen LogP contribution in [0.15, 0.2) is 152 Å². The highest BCUT2D eigenvalue weighted by molar-refractivity contribution is 5.91. The molecular weight excluding hydrogens is 1050 g/mol. The molecular formula is C61H64O20. The first-order valence-corrected chi connectivity index (χ1v) is 25.3. The van der Waals surface area contributed by atoms with Crippen LogP contribution < -0.4 is 18.9 Å². The molecule has 0 radical (unpaired) electrons. The van der Waals surface area contributed by atoms with Gasteiger partial charge in [-0.2, -0.15) is 0 Å². The molecule has 0 spiro atoms. The molecule has 81 heavy (non-hydrogen) atoms. The van der Waals surface area contributed by atoms with Gasteiger partial charge in [-0.15, -0.1) is 0 Å². The summed E-state index contributed by atoms with van der Waals surface area (Å²) < 4.78 is 42.3. The average Bonchev–Trinajstić information content (AvgIpc) is 3.45. The maximum Gasteiger partial charge on any atom is 0.338 e. The molecule has 0 saturated carbocycles. The highest BCUT2D eigenvalue weighted by Crippen LogP contribution is 2.24. The monoisotopic (exact) mass is 1120 g/mol. The van der Waals surface area contributed by atoms with Crippen LogP contribution in [0, 0.1) is 6.92 Å². The summed E-state index contributed by atoms with van der Waals surface area (Å²) in [4.78, 5) is 36.2. The summed E-state index contributed by atoms with van der Waals surface area (Å²) in [5, 5.41) is 87.4. The minimum Gasteiger partial charge on any atom is -0.508 e. The number of ether oxygens (including phenoxy) is 8. The van der Waals surface area contributed by atoms with Crippen LogP contribution in [-0.4, -0.2) is 148 Å². The summed E-state index contributed by atoms with van der Waals surface area (Å²) in [6, 6.07) is 40.9. The number of carbonyl (C=O) groups is 3. The van der Waals surface area contributed by atoms with Gasteiger partial charge in [0.15, 0.2) is 0 Å². The Kier molecular flexibility index (Phi) is 23.4. The van der Waals surface area contributed by atoms with Crippen molar-refractivity contribution in [3.63, 3.8) is 0 Å². The zero-order chi connectivity index (χ0) is 58.3. The zero-order valence-corrected chi connectivity index (χ0v) is 44.3. The molecule has 0 amide bonds. The highest BCUT2D eigenvalue weighted by atomic mass is 16.6. The molecule has 0 aliphatic carbocycles. The SMILES string of the molecule is COCC(O)COc1ccc(Cc2ccc(OCC(O)COC(=O)c3cc(O)cc(O)c3)cc2)cc1.Cc1cc(O)cc(C(=O)OCC(O)COc2ccc(Cc3ccc(OCC(O)COC(=O)c4cc(O)cc(O)c4)cc3)cc2)c1. The maximum atomic E-state index is 12.2. The molecule has 7 rings (SSSR count). The normalized spacial score (nSPS) is 12.3. The van der Waals surface area contributed by atoms with Gasteiger partial charge in [0.2, 0.25) is 0 Å². The van der Waals surface area contributed by atoms with Gasteiger partial charge in [0, 0.05) is 19.2 Å². The van der Waals surface area contributed by atoms with Gasteiger partial charge < -0.3 is 83.9 Å². The average molecular weight is 1120 g/mol. The molecule has 4 atom stereocenters. The molecule has 7 aromatic carbocycles. The van der Waals surface area contributed by atoms with Crippen LogP contribution in [0.1, 0.15) is 58.9 Å². The van der Waals surface area contributed by atoms with Crippen molar-refractivity contribution in [2.24, 2.45) is 0 Å². The Bertz CT molecular complexity index is 2910. The lowest BCUT2D eigenvalue weighted by Gasteiger charge is -2.14. The van der Waals surface area contributed by atoms with E-state index in [9.17, 15) is 60.3 Å². The topological polar surface area (TPSA) is 307 Å². The van der Waals surface area contributed by atoms with Gasteiger partial charge in [0.25, 0.3) is 0 Å². The summed E-state index contributed by atoms with van der Waals surface area (Å²) in [6.07, 6.45) is -2.52. The van der Waals surface area contributed by atoms with Crippen molar-refractivity contribution in [2.45, 2.75) is 44.2 Å². The molecule has 7 aromatic rings. The Morgan fingerprint density at radius 2 is 0.593 bits per heavy atom. The van der Waals surface area contributed by atoms with E-state index in [-0.39, 0.29) is 98.3 Å². The first kappa shape index (κ1) is 61.2. The molecule has 0 fully saturated rings. The van der Waals surface area contributed by atoms with Gasteiger partial charge in [0.05, 0.1) is 23.3 Å². The largest absolute Gasteiger partial charge is 0.508 e. The summed E-state index contributed by atoms with van der Waals surface area (Å²) >= 11 is 0. The van der Waals surface area contributed by atoms with Crippen LogP contribution in [0.2, 0.25) is 0 Å². The van der Waals surface area contributed by atoms with Gasteiger partial charge >= 0.3 is 17.9 Å². The number of hydrogen-bond acceptors (Lipinski definition) is 20. The van der Waals surface area contributed by atoms with Crippen molar-refractivity contribution in [3.8, 4) is 51.7 Å². The number of methoxy groups -OCH3 is 1. The van der Waals surface area contributed by atoms with E-state index in [0.29, 0.717) is 41.4 Å². The van der Waals surface area contributed by atoms with E-state index in [2.05, 4.69) is 0 Å². The molecule has 0 saturated heterocycles. The second-order valence-electron chi connectivity index (χ2n) is 18.6. The third kappa shape index (κ3) is 21.6. The number of esters is 3. The Balaban J connectivity index is 0.000000268. The number of aliphatic hydroxyl groups is 4. The lowest BCUT2D eigenvalue weighted by atomic mass is 10.0. The Labute approximate surface area is 466 Å². The van der Waals surface area contributed by atoms with Crippen molar-refractivity contribution in [1.29, 1.82) is 0 Å². The quantitative estimate of drug-likeness (QED) is 0.0194. The van der Waals surface area contributed by atoms with E-state index in [1.54, 1.807) is 49.4 Å². The Morgan fingerprint density at radius 3 is 0.852 bits per heavy atom. The number of phenolic OH excluding ortho intramolecular Hbond substituents is 5. The number of benzene rings is 7. The lowest BCUT2D eigenvalue weighted by Crippen LogP contribution is -2.25. The summed E-state index contributed by atoms with van der Waals surface area (Å²) in [5.41, 5.74) is 5.02. The van der Waals surface area contributed by atoms with Crippen LogP contribution in [-0.2, 0) is 31.8 Å². The standard InChI is InChI=1S/C34H34O11.C27H30O9/c1-21-10-24(13-26(35)11-21)33(40)44-19-29(38)17-42-31-6-2-22(3-7-31)12-23-4-8-32(9-5-23)43-18-30(39)20-45-34(41)25-14-27(36)16-28(37)15-25;1-33-14-23(30)15-34-25-6-2-18(3-7-25)10-19-4-8-26(9-5-19)35-16-24(31)17-36-27(32)20-11-21(28)13-22(29)12-20/h2-11,13-16,29-30,35-39H,12,17-20H2,1H3;2-9,11-13,23-24,28-31H,10,14-17H2,1H3. The Morgan fingerprint density at radius 1 is 0.346 bits per heavy atom. The number of aliphatic hydroxyl groups excluding tert-OH is 4. The Hall–Kier alpha value is -9.05. The highest BCUT2D eigenvalue weighted by Gasteiger charge is 2.17. The molecule has 0 bridgehead atoms. The van der Waals surface area contributed by atoms with Crippen LogP contribution in [0.4, 0.5) is 0 Å². The van der Waals surface area contributed by atoms with Crippen LogP contribution in [0.25, 0.3) is 0 Å². The lowest BCUT2D eigenvalue weighted by molar-refractivity contribution is 0.0127. The summed E-state index contributed by atoms with van der Waals surface area (Å²) in [5.74, 6) is -1.10. The van der Waals surface area contributed by atoms with Gasteiger partial charge in [-0.1, -0.05) is 48.5 Å². The summed E-state index contributed by atoms with van der Waals surface area (Å²) in [7, 11) is 1.52. The fourth-order valence-electron chi connectivity index (χ4n) is 7.51. The first-order valence-electron chi connectivity index (χ1n) is 25.3. The zero-order valence-electron chi connectivity index (χ0n) is 44.3. The molecule has 0 aliphatic heterocycles. The molecule has 9 N–H and O–H groups in total. The fourth-order valence-corrected chi connectivity index (χ4v) is 7.51. The van der Waals surface area contributed by atoms with Gasteiger partial charge in [-0.25, -0.2) is 14.4 Å². The number of rotatable bonds is 27. The predicted octanol–water partition coefficient (Wildman–Crippen LogP) is 6.57. The third-order valence-electron chi connectivity index (χ3n) is 11.4. The van der Waals surface area contributed by atoms with Gasteiger partial charge in [0.1, 0.15) is 122 Å². The van der Waals surface area contributed by atoms with Gasteiger partial charge in [-0.3, -0.25) is 0 Å². The van der Waals surface area contributed by atoms with E-state index < -0.39 is 42.3 Å². The third-order valence-corrected chi connectivity index (χ3v) is 11.4. The number of aryl methyl sites for hydroxylation is 1. The molecule has 0 aromatic heterocycles. The van der Waals surface area contributed by atoms with Crippen molar-refractivity contribution in [1.82, 2.24) is 0 Å². The molecule has 0 heterocycles. The number of aromatic hydroxyl groups is 5. The number of hydrogen-bond donors (Lipinski definition) is 9. The van der Waals surface area contributed by atoms with Crippen molar-refractivity contribution >= 4 is 17.9 Å². The van der Waals surface area contributed by atoms with Crippen molar-refractivity contribution < 1.29 is 98.2 Å². The number of phenols is 5. The smallest absolute Gasteiger partial charge is 0.338 e. The minimum absolute atomic E-state index is 0.0285. The minimum atomic E-state index is -1.09. The number of carbonyl (C=O) groups excluding carboxylic acids is 3. The molecule has 20 nitrogen and oxygen atoms in total. The van der Waals surface area contributed by atoms with E-state index in [4.69, 9.17) is 37.9 Å². The molecule has 4 unspecified atom stereocenters. The second kappa shape index (κ2) is 30.9. The van der Waals surface area contributed by atoms with E-state index >= 15 is 0 Å². The van der Waals surface area contributed by atoms with Gasteiger partial charge in [-0.05, 0) is 139 Å². The van der Waals surface area contributed by atoms with E-state index in [1.165, 1.54) is 19.2 Å². The van der Waals surface area contributed by atoms with E-state index in [0.717, 1.165) is 58.7 Å². The van der Waals surface area contributed by atoms with Crippen LogP contribution >= 0.6 is 0 Å². The summed E-state index contributed by atoms with van der Waals surface area (Å²) in [6.45, 7) is 0.943. The molecule has 428 valence electrons. The van der Waals surface area contributed by atoms with Crippen LogP contribution in [0.5, 0.6) is 51.7 Å². The fraction of sp³-hybridized carbons (Fsp3) is 0.262. The van der Waals surface area contributed by atoms with Crippen molar-refractivity contribution in [2.75, 3.05) is 60.0 Å². The maximum absolute atomic E-state index is 12.2. The van der Waals surface area contributed by atoms with E-state index in [1.807, 2.05) is 60.7 Å². The van der Waals surface area contributed by atoms with Crippen LogP contribution in [0.3, 0.4) is 0 Å². The van der Waals surface area contributed by atoms with Crippen molar-refractivity contribution in [3.05, 3.63) is 196 Å².